The molecular formula is C19H23N3O5S. The van der Waals surface area contributed by atoms with Crippen LogP contribution in [0, 0.1) is 6.92 Å². The van der Waals surface area contributed by atoms with Crippen LogP contribution in [0.3, 0.4) is 0 Å². The van der Waals surface area contributed by atoms with E-state index in [1.807, 2.05) is 11.4 Å². The number of carbonyl (C=O) groups is 3. The van der Waals surface area contributed by atoms with Crippen LogP contribution in [0.25, 0.3) is 0 Å². The van der Waals surface area contributed by atoms with Crippen molar-refractivity contribution in [2.45, 2.75) is 32.7 Å². The molecule has 28 heavy (non-hydrogen) atoms. The molecule has 8 nitrogen and oxygen atoms in total. The number of esters is 1. The molecule has 0 spiro atoms. The van der Waals surface area contributed by atoms with Crippen molar-refractivity contribution in [3.05, 3.63) is 39.3 Å². The van der Waals surface area contributed by atoms with Crippen molar-refractivity contribution < 1.29 is 23.5 Å². The smallest absolute Gasteiger partial charge is 0.342 e. The third-order valence-corrected chi connectivity index (χ3v) is 5.62. The number of furan rings is 1. The molecular weight excluding hydrogens is 382 g/mol. The first-order valence-corrected chi connectivity index (χ1v) is 9.98. The maximum Gasteiger partial charge on any atom is 0.342 e. The highest BCUT2D eigenvalue weighted by Crippen LogP contribution is 2.34. The van der Waals surface area contributed by atoms with Crippen molar-refractivity contribution in [3.8, 4) is 0 Å². The first kappa shape index (κ1) is 20.1. The van der Waals surface area contributed by atoms with E-state index in [9.17, 15) is 14.4 Å². The Balaban J connectivity index is 1.76. The maximum atomic E-state index is 12.6. The number of nitrogens with one attached hydrogen (secondary N) is 1. The lowest BCUT2D eigenvalue weighted by atomic mass is 10.1. The number of carbonyl (C=O) groups excluding carboxylic acids is 3. The van der Waals surface area contributed by atoms with E-state index in [1.165, 1.54) is 11.8 Å². The van der Waals surface area contributed by atoms with Crippen molar-refractivity contribution >= 4 is 35.0 Å². The van der Waals surface area contributed by atoms with Crippen molar-refractivity contribution in [2.75, 3.05) is 25.0 Å². The number of thiophene rings is 1. The highest BCUT2D eigenvalue weighted by atomic mass is 32.1. The number of nitrogens with zero attached hydrogens (tertiary/aromatic N) is 1. The van der Waals surface area contributed by atoms with E-state index in [2.05, 4.69) is 16.3 Å². The van der Waals surface area contributed by atoms with Gasteiger partial charge in [-0.25, -0.2) is 4.79 Å². The van der Waals surface area contributed by atoms with Crippen LogP contribution in [-0.4, -0.2) is 42.4 Å². The van der Waals surface area contributed by atoms with Crippen molar-refractivity contribution in [3.63, 3.8) is 0 Å². The normalized spacial score (nSPS) is 16.9. The van der Waals surface area contributed by atoms with Crippen molar-refractivity contribution in [2.24, 2.45) is 5.73 Å². The van der Waals surface area contributed by atoms with Crippen LogP contribution < -0.4 is 11.1 Å². The molecule has 2 aromatic rings. The molecule has 1 fully saturated rings. The summed E-state index contributed by atoms with van der Waals surface area (Å²) in [5, 5.41) is 4.61. The van der Waals surface area contributed by atoms with Gasteiger partial charge in [0, 0.05) is 10.9 Å². The molecule has 1 aliphatic rings. The Bertz CT molecular complexity index is 875. The van der Waals surface area contributed by atoms with E-state index in [0.717, 1.165) is 19.4 Å². The van der Waals surface area contributed by atoms with Gasteiger partial charge in [-0.3, -0.25) is 19.8 Å². The fourth-order valence-electron chi connectivity index (χ4n) is 3.49. The molecule has 0 bridgehead atoms. The second-order valence-electron chi connectivity index (χ2n) is 6.51. The average Bonchev–Trinajstić information content (AvgIpc) is 3.34. The molecule has 0 radical (unpaired) electrons. The monoisotopic (exact) mass is 405 g/mol. The molecule has 3 heterocycles. The molecule has 0 aliphatic carbocycles. The average molecular weight is 405 g/mol. The molecule has 2 aromatic heterocycles. The summed E-state index contributed by atoms with van der Waals surface area (Å²) in [5.41, 5.74) is 5.20. The molecule has 1 saturated heterocycles. The summed E-state index contributed by atoms with van der Waals surface area (Å²) in [6.45, 7) is 4.27. The van der Waals surface area contributed by atoms with Crippen LogP contribution in [0.5, 0.6) is 0 Å². The number of rotatable bonds is 7. The fourth-order valence-corrected chi connectivity index (χ4v) is 4.38. The third kappa shape index (κ3) is 4.10. The summed E-state index contributed by atoms with van der Waals surface area (Å²) >= 11 is 1.67. The molecule has 0 saturated carbocycles. The fraction of sp³-hybridized carbons (Fsp3) is 0.421. The minimum Gasteiger partial charge on any atom is -0.462 e. The lowest BCUT2D eigenvalue weighted by Gasteiger charge is -2.22. The lowest BCUT2D eigenvalue weighted by molar-refractivity contribution is -0.117. The number of ether oxygens (including phenoxy) is 1. The summed E-state index contributed by atoms with van der Waals surface area (Å²) in [6, 6.07) is 4.27. The number of primary amides is 1. The van der Waals surface area contributed by atoms with Crippen molar-refractivity contribution in [1.82, 2.24) is 4.90 Å². The zero-order valence-corrected chi connectivity index (χ0v) is 16.6. The van der Waals surface area contributed by atoms with Gasteiger partial charge in [0.15, 0.2) is 0 Å². The summed E-state index contributed by atoms with van der Waals surface area (Å²) in [6.07, 6.45) is 2.00. The van der Waals surface area contributed by atoms with Crippen LogP contribution in [0.4, 0.5) is 5.88 Å². The largest absolute Gasteiger partial charge is 0.462 e. The number of nitrogens with two attached hydrogens (primary N) is 1. The van der Waals surface area contributed by atoms with E-state index in [0.29, 0.717) is 0 Å². The van der Waals surface area contributed by atoms with Gasteiger partial charge < -0.3 is 14.9 Å². The van der Waals surface area contributed by atoms with Gasteiger partial charge in [0.2, 0.25) is 11.8 Å². The predicted molar refractivity (Wildman–Crippen MR) is 104 cm³/mol. The van der Waals surface area contributed by atoms with Crippen LogP contribution in [0.15, 0.2) is 21.9 Å². The molecule has 1 aliphatic heterocycles. The van der Waals surface area contributed by atoms with Gasteiger partial charge in [-0.15, -0.1) is 11.3 Å². The minimum atomic E-state index is -0.868. The number of aryl methyl sites for hydroxylation is 1. The second-order valence-corrected chi connectivity index (χ2v) is 7.49. The van der Waals surface area contributed by atoms with E-state index in [-0.39, 0.29) is 47.9 Å². The Morgan fingerprint density at radius 3 is 2.82 bits per heavy atom. The Hall–Kier alpha value is -2.65. The van der Waals surface area contributed by atoms with Gasteiger partial charge in [-0.05, 0) is 44.7 Å². The Morgan fingerprint density at radius 1 is 1.39 bits per heavy atom. The van der Waals surface area contributed by atoms with E-state index < -0.39 is 11.9 Å². The third-order valence-electron chi connectivity index (χ3n) is 4.65. The topological polar surface area (TPSA) is 115 Å². The second kappa shape index (κ2) is 8.57. The summed E-state index contributed by atoms with van der Waals surface area (Å²) in [4.78, 5) is 39.9. The molecule has 3 N–H and O–H groups in total. The molecule has 0 aromatic carbocycles. The number of anilines is 1. The van der Waals surface area contributed by atoms with Crippen LogP contribution in [0.1, 0.15) is 57.2 Å². The summed E-state index contributed by atoms with van der Waals surface area (Å²) < 4.78 is 10.4. The van der Waals surface area contributed by atoms with Crippen LogP contribution in [-0.2, 0) is 9.53 Å². The summed E-state index contributed by atoms with van der Waals surface area (Å²) in [7, 11) is 0. The van der Waals surface area contributed by atoms with Crippen LogP contribution >= 0.6 is 11.3 Å². The minimum absolute atomic E-state index is 0.0534. The lowest BCUT2D eigenvalue weighted by Crippen LogP contribution is -2.33. The number of likely N-dealkylation sites (tertiary alicyclic amines) is 1. The van der Waals surface area contributed by atoms with Crippen molar-refractivity contribution in [1.29, 1.82) is 0 Å². The Labute approximate surface area is 166 Å². The zero-order chi connectivity index (χ0) is 20.3. The number of hydrogen-bond acceptors (Lipinski definition) is 7. The number of amides is 2. The van der Waals surface area contributed by atoms with E-state index in [4.69, 9.17) is 14.9 Å². The van der Waals surface area contributed by atoms with Gasteiger partial charge in [-0.1, -0.05) is 6.07 Å². The van der Waals surface area contributed by atoms with Gasteiger partial charge in [-0.2, -0.15) is 0 Å². The van der Waals surface area contributed by atoms with E-state index >= 15 is 0 Å². The molecule has 150 valence electrons. The zero-order valence-electron chi connectivity index (χ0n) is 15.8. The van der Waals surface area contributed by atoms with Gasteiger partial charge in [0.1, 0.15) is 16.9 Å². The number of hydrogen-bond donors (Lipinski definition) is 2. The molecule has 9 heteroatoms. The van der Waals surface area contributed by atoms with E-state index in [1.54, 1.807) is 18.3 Å². The van der Waals surface area contributed by atoms with Gasteiger partial charge in [0.05, 0.1) is 13.2 Å². The quantitative estimate of drug-likeness (QED) is 0.685. The summed E-state index contributed by atoms with van der Waals surface area (Å²) in [5.74, 6) is -1.87. The maximum absolute atomic E-state index is 12.6. The highest BCUT2D eigenvalue weighted by molar-refractivity contribution is 7.10. The van der Waals surface area contributed by atoms with Crippen LogP contribution in [0.2, 0.25) is 0 Å². The predicted octanol–water partition coefficient (Wildman–Crippen LogP) is 2.70. The molecule has 0 unspecified atom stereocenters. The Kier molecular flexibility index (Phi) is 6.15. The van der Waals surface area contributed by atoms with Gasteiger partial charge >= 0.3 is 5.97 Å². The SMILES string of the molecule is CCOC(=O)c1c(C)oc(NC(=O)CN2CCC[C@H]2c2cccs2)c1C(N)=O. The first-order chi connectivity index (χ1) is 13.4. The standard InChI is InChI=1S/C19H23N3O5S/c1-3-26-19(25)15-11(2)27-18(16(15)17(20)24)21-14(23)10-22-8-4-6-12(22)13-7-5-9-28-13/h5,7,9,12H,3-4,6,8,10H2,1-2H3,(H2,20,24)(H,21,23)/t12-/m0/s1. The molecule has 1 atom stereocenters. The van der Waals surface area contributed by atoms with Gasteiger partial charge in [0.25, 0.3) is 5.91 Å². The Morgan fingerprint density at radius 2 is 2.18 bits per heavy atom. The first-order valence-electron chi connectivity index (χ1n) is 9.10. The molecule has 3 rings (SSSR count). The highest BCUT2D eigenvalue weighted by Gasteiger charge is 2.31. The molecule has 2 amide bonds.